The molecule has 0 aliphatic rings. The Labute approximate surface area is 92.7 Å². The summed E-state index contributed by atoms with van der Waals surface area (Å²) in [4.78, 5) is 3.86. The maximum Gasteiger partial charge on any atom is 0.219 e. The lowest BCUT2D eigenvalue weighted by Crippen LogP contribution is -2.16. The third-order valence-corrected chi connectivity index (χ3v) is 1.77. The minimum atomic E-state index is -0.112. The van der Waals surface area contributed by atoms with Crippen LogP contribution in [0.4, 0.5) is 0 Å². The number of aromatic nitrogens is 3. The van der Waals surface area contributed by atoms with Gasteiger partial charge >= 0.3 is 0 Å². The van der Waals surface area contributed by atoms with Crippen molar-refractivity contribution in [3.8, 4) is 0 Å². The Morgan fingerprint density at radius 3 is 3.06 bits per heavy atom. The summed E-state index contributed by atoms with van der Waals surface area (Å²) in [7, 11) is 1.62. The van der Waals surface area contributed by atoms with E-state index in [1.165, 1.54) is 6.33 Å². The molecule has 8 heteroatoms. The number of hydrogen-bond donors (Lipinski definition) is 2. The van der Waals surface area contributed by atoms with Crippen molar-refractivity contribution in [3.63, 3.8) is 0 Å². The van der Waals surface area contributed by atoms with Gasteiger partial charge in [-0.25, -0.2) is 9.67 Å². The van der Waals surface area contributed by atoms with Gasteiger partial charge < -0.3 is 20.4 Å². The van der Waals surface area contributed by atoms with Gasteiger partial charge in [-0.1, -0.05) is 5.16 Å². The SMILES string of the molecule is COCCOCCn1cnc(C(N)=NO)n1. The highest BCUT2D eigenvalue weighted by Crippen LogP contribution is 1.90. The minimum absolute atomic E-state index is 0.112. The Balaban J connectivity index is 2.30. The van der Waals surface area contributed by atoms with Crippen LogP contribution in [-0.2, 0) is 16.0 Å². The monoisotopic (exact) mass is 229 g/mol. The predicted octanol–water partition coefficient (Wildman–Crippen LogP) is -0.964. The predicted molar refractivity (Wildman–Crippen MR) is 55.2 cm³/mol. The molecule has 0 aromatic carbocycles. The first-order chi connectivity index (χ1) is 7.77. The highest BCUT2D eigenvalue weighted by molar-refractivity contribution is 5.93. The van der Waals surface area contributed by atoms with Crippen LogP contribution >= 0.6 is 0 Å². The van der Waals surface area contributed by atoms with E-state index < -0.39 is 0 Å². The maximum atomic E-state index is 8.41. The fourth-order valence-corrected chi connectivity index (χ4v) is 0.967. The smallest absolute Gasteiger partial charge is 0.219 e. The number of ether oxygens (including phenoxy) is 2. The number of oxime groups is 1. The lowest BCUT2D eigenvalue weighted by atomic mass is 10.6. The van der Waals surface area contributed by atoms with E-state index in [2.05, 4.69) is 15.2 Å². The first-order valence-corrected chi connectivity index (χ1v) is 4.72. The average Bonchev–Trinajstić information content (AvgIpc) is 2.76. The zero-order valence-corrected chi connectivity index (χ0v) is 9.04. The first-order valence-electron chi connectivity index (χ1n) is 4.72. The molecule has 0 spiro atoms. The first kappa shape index (κ1) is 12.4. The largest absolute Gasteiger partial charge is 0.409 e. The van der Waals surface area contributed by atoms with E-state index in [1.807, 2.05) is 0 Å². The second kappa shape index (κ2) is 6.75. The van der Waals surface area contributed by atoms with Gasteiger partial charge in [-0.2, -0.15) is 0 Å². The van der Waals surface area contributed by atoms with E-state index in [0.29, 0.717) is 26.4 Å². The Hall–Kier alpha value is -1.67. The molecule has 1 heterocycles. The number of methoxy groups -OCH3 is 1. The summed E-state index contributed by atoms with van der Waals surface area (Å²) >= 11 is 0. The molecule has 0 aliphatic heterocycles. The van der Waals surface area contributed by atoms with Gasteiger partial charge in [0, 0.05) is 7.11 Å². The van der Waals surface area contributed by atoms with Crippen LogP contribution in [0.5, 0.6) is 0 Å². The van der Waals surface area contributed by atoms with Crippen LogP contribution in [0, 0.1) is 0 Å². The average molecular weight is 229 g/mol. The Bertz CT molecular complexity index is 338. The van der Waals surface area contributed by atoms with Crippen LogP contribution < -0.4 is 5.73 Å². The molecular weight excluding hydrogens is 214 g/mol. The summed E-state index contributed by atoms with van der Waals surface area (Å²) in [6.07, 6.45) is 1.49. The van der Waals surface area contributed by atoms with E-state index in [0.717, 1.165) is 0 Å². The summed E-state index contributed by atoms with van der Waals surface area (Å²) in [6, 6.07) is 0. The molecule has 8 nitrogen and oxygen atoms in total. The molecule has 0 bridgehead atoms. The molecule has 0 aliphatic carbocycles. The minimum Gasteiger partial charge on any atom is -0.409 e. The molecule has 16 heavy (non-hydrogen) atoms. The molecule has 1 aromatic heterocycles. The van der Waals surface area contributed by atoms with Crippen LogP contribution in [0.25, 0.3) is 0 Å². The van der Waals surface area contributed by atoms with Crippen LogP contribution in [0.15, 0.2) is 11.5 Å². The van der Waals surface area contributed by atoms with Gasteiger partial charge in [0.2, 0.25) is 11.7 Å². The standard InChI is InChI=1S/C8H15N5O3/c1-15-4-5-16-3-2-13-6-10-8(11-13)7(9)12-14/h6,14H,2-5H2,1H3,(H2,9,12). The number of nitrogens with zero attached hydrogens (tertiary/aromatic N) is 4. The normalized spacial score (nSPS) is 11.9. The molecule has 0 unspecified atom stereocenters. The molecule has 90 valence electrons. The number of rotatable bonds is 7. The van der Waals surface area contributed by atoms with E-state index in [4.69, 9.17) is 20.4 Å². The third kappa shape index (κ3) is 3.83. The molecule has 0 saturated carbocycles. The number of hydrogen-bond acceptors (Lipinski definition) is 6. The highest BCUT2D eigenvalue weighted by atomic mass is 16.5. The van der Waals surface area contributed by atoms with Crippen molar-refractivity contribution in [2.24, 2.45) is 10.9 Å². The third-order valence-electron chi connectivity index (χ3n) is 1.77. The van der Waals surface area contributed by atoms with Gasteiger partial charge in [0.05, 0.1) is 26.4 Å². The molecule has 0 atom stereocenters. The van der Waals surface area contributed by atoms with Crippen LogP contribution in [0.1, 0.15) is 5.82 Å². The van der Waals surface area contributed by atoms with Crippen molar-refractivity contribution in [1.29, 1.82) is 0 Å². The van der Waals surface area contributed by atoms with Crippen molar-refractivity contribution in [2.75, 3.05) is 26.9 Å². The molecule has 3 N–H and O–H groups in total. The van der Waals surface area contributed by atoms with Gasteiger partial charge in [0.1, 0.15) is 6.33 Å². The molecule has 0 saturated heterocycles. The van der Waals surface area contributed by atoms with Crippen molar-refractivity contribution in [1.82, 2.24) is 14.8 Å². The van der Waals surface area contributed by atoms with Gasteiger partial charge in [-0.15, -0.1) is 5.10 Å². The van der Waals surface area contributed by atoms with E-state index in [1.54, 1.807) is 11.8 Å². The van der Waals surface area contributed by atoms with E-state index in [-0.39, 0.29) is 11.7 Å². The van der Waals surface area contributed by atoms with Crippen LogP contribution in [-0.4, -0.2) is 52.7 Å². The second-order valence-corrected chi connectivity index (χ2v) is 2.92. The fraction of sp³-hybridized carbons (Fsp3) is 0.625. The molecular formula is C8H15N5O3. The summed E-state index contributed by atoms with van der Waals surface area (Å²) < 4.78 is 11.6. The van der Waals surface area contributed by atoms with Gasteiger partial charge in [-0.05, 0) is 0 Å². The van der Waals surface area contributed by atoms with E-state index in [9.17, 15) is 0 Å². The molecule has 0 radical (unpaired) electrons. The highest BCUT2D eigenvalue weighted by Gasteiger charge is 2.05. The molecule has 1 rings (SSSR count). The van der Waals surface area contributed by atoms with Crippen LogP contribution in [0.2, 0.25) is 0 Å². The Kier molecular flexibility index (Phi) is 5.23. The van der Waals surface area contributed by atoms with Crippen molar-refractivity contribution < 1.29 is 14.7 Å². The van der Waals surface area contributed by atoms with Gasteiger partial charge in [-0.3, -0.25) is 0 Å². The Morgan fingerprint density at radius 1 is 1.56 bits per heavy atom. The fourth-order valence-electron chi connectivity index (χ4n) is 0.967. The lowest BCUT2D eigenvalue weighted by molar-refractivity contribution is 0.0654. The zero-order chi connectivity index (χ0) is 11.8. The van der Waals surface area contributed by atoms with E-state index >= 15 is 0 Å². The van der Waals surface area contributed by atoms with Crippen molar-refractivity contribution in [2.45, 2.75) is 6.54 Å². The summed E-state index contributed by atoms with van der Waals surface area (Å²) in [6.45, 7) is 2.16. The molecule has 1 aromatic rings. The number of nitrogens with two attached hydrogens (primary N) is 1. The maximum absolute atomic E-state index is 8.41. The van der Waals surface area contributed by atoms with Gasteiger partial charge in [0.25, 0.3) is 0 Å². The van der Waals surface area contributed by atoms with Crippen molar-refractivity contribution >= 4 is 5.84 Å². The quantitative estimate of drug-likeness (QED) is 0.205. The second-order valence-electron chi connectivity index (χ2n) is 2.92. The lowest BCUT2D eigenvalue weighted by Gasteiger charge is -2.02. The van der Waals surface area contributed by atoms with Crippen molar-refractivity contribution in [3.05, 3.63) is 12.2 Å². The summed E-state index contributed by atoms with van der Waals surface area (Å²) in [5.41, 5.74) is 5.32. The molecule has 0 fully saturated rings. The van der Waals surface area contributed by atoms with Crippen LogP contribution in [0.3, 0.4) is 0 Å². The summed E-state index contributed by atoms with van der Waals surface area (Å²) in [5.74, 6) is 0.0819. The Morgan fingerprint density at radius 2 is 2.38 bits per heavy atom. The summed E-state index contributed by atoms with van der Waals surface area (Å²) in [5, 5.41) is 15.2. The van der Waals surface area contributed by atoms with Gasteiger partial charge in [0.15, 0.2) is 0 Å². The zero-order valence-electron chi connectivity index (χ0n) is 9.04. The topological polar surface area (TPSA) is 108 Å². The number of amidine groups is 1. The molecule has 0 amide bonds.